The van der Waals surface area contributed by atoms with E-state index in [1.165, 1.54) is 23.5 Å². The van der Waals surface area contributed by atoms with Crippen LogP contribution in [0.5, 0.6) is 5.75 Å². The van der Waals surface area contributed by atoms with Gasteiger partial charge in [-0.15, -0.1) is 5.92 Å². The molecule has 0 radical (unpaired) electrons. The van der Waals surface area contributed by atoms with E-state index in [0.29, 0.717) is 18.6 Å². The third-order valence-corrected chi connectivity index (χ3v) is 6.40. The number of carbonyl (C=O) groups is 1. The molecule has 1 aromatic rings. The molecule has 0 heterocycles. The maximum absolute atomic E-state index is 12.8. The first-order valence-electron chi connectivity index (χ1n) is 8.21. The molecule has 0 unspecified atom stereocenters. The summed E-state index contributed by atoms with van der Waals surface area (Å²) >= 11 is 0. The van der Waals surface area contributed by atoms with Crippen molar-refractivity contribution < 1.29 is 23.1 Å². The lowest BCUT2D eigenvalue weighted by atomic mass is 9.85. The van der Waals surface area contributed by atoms with Crippen LogP contribution in [-0.2, 0) is 14.8 Å². The predicted molar refractivity (Wildman–Crippen MR) is 93.7 cm³/mol. The lowest BCUT2D eigenvalue weighted by molar-refractivity contribution is -0.144. The van der Waals surface area contributed by atoms with E-state index in [2.05, 4.69) is 11.8 Å². The Morgan fingerprint density at radius 2 is 1.92 bits per heavy atom. The molecule has 1 fully saturated rings. The molecule has 7 heteroatoms. The Balaban J connectivity index is 2.18. The molecule has 0 amide bonds. The number of carboxylic acid groups (broad SMARTS) is 1. The minimum absolute atomic E-state index is 0.124. The second-order valence-corrected chi connectivity index (χ2v) is 8.00. The molecule has 1 aliphatic carbocycles. The monoisotopic (exact) mass is 365 g/mol. The van der Waals surface area contributed by atoms with Gasteiger partial charge in [-0.1, -0.05) is 18.8 Å². The molecule has 25 heavy (non-hydrogen) atoms. The fourth-order valence-corrected chi connectivity index (χ4v) is 4.50. The molecule has 0 saturated heterocycles. The Morgan fingerprint density at radius 3 is 2.52 bits per heavy atom. The van der Waals surface area contributed by atoms with Gasteiger partial charge in [-0.25, -0.2) is 8.42 Å². The van der Waals surface area contributed by atoms with Gasteiger partial charge < -0.3 is 9.84 Å². The molecule has 0 aliphatic heterocycles. The average Bonchev–Trinajstić information content (AvgIpc) is 2.61. The molecular formula is C18H23NO5S. The summed E-state index contributed by atoms with van der Waals surface area (Å²) < 4.78 is 32.3. The first-order valence-corrected chi connectivity index (χ1v) is 9.65. The van der Waals surface area contributed by atoms with E-state index in [9.17, 15) is 18.3 Å². The van der Waals surface area contributed by atoms with Crippen LogP contribution in [0, 0.1) is 17.8 Å². The number of nitrogens with zero attached hydrogens (tertiary/aromatic N) is 1. The molecule has 0 bridgehead atoms. The van der Waals surface area contributed by atoms with Crippen LogP contribution in [0.1, 0.15) is 32.6 Å². The minimum Gasteiger partial charge on any atom is -0.481 e. The van der Waals surface area contributed by atoms with E-state index in [1.807, 2.05) is 0 Å². The van der Waals surface area contributed by atoms with E-state index < -0.39 is 28.0 Å². The zero-order valence-electron chi connectivity index (χ0n) is 14.4. The van der Waals surface area contributed by atoms with E-state index in [4.69, 9.17) is 4.74 Å². The number of carboxylic acids is 1. The zero-order chi connectivity index (χ0) is 18.4. The Morgan fingerprint density at radius 1 is 1.28 bits per heavy atom. The van der Waals surface area contributed by atoms with Crippen LogP contribution in [0.2, 0.25) is 0 Å². The third-order valence-electron chi connectivity index (χ3n) is 4.50. The van der Waals surface area contributed by atoms with Crippen LogP contribution >= 0.6 is 0 Å². The average molecular weight is 365 g/mol. The standard InChI is InChI=1S/C18H23NO5S/c1-3-4-13-24-14-9-11-15(12-10-14)25(22,23)19(2)17-8-6-5-7-16(17)18(20)21/h9-12,16-17H,5-8,13H2,1-2H3,(H,20,21)/t16-,17+/m1/s1. The Bertz CT molecular complexity index is 761. The summed E-state index contributed by atoms with van der Waals surface area (Å²) in [4.78, 5) is 11.6. The molecule has 1 saturated carbocycles. The lowest BCUT2D eigenvalue weighted by Crippen LogP contribution is -2.46. The van der Waals surface area contributed by atoms with Gasteiger partial charge >= 0.3 is 5.97 Å². The van der Waals surface area contributed by atoms with Gasteiger partial charge in [0.15, 0.2) is 0 Å². The van der Waals surface area contributed by atoms with Crippen LogP contribution in [0.15, 0.2) is 29.2 Å². The quantitative estimate of drug-likeness (QED) is 0.783. The minimum atomic E-state index is -3.76. The van der Waals surface area contributed by atoms with Gasteiger partial charge in [0, 0.05) is 13.1 Å². The van der Waals surface area contributed by atoms with Crippen molar-refractivity contribution in [2.75, 3.05) is 13.7 Å². The fraction of sp³-hybridized carbons (Fsp3) is 0.500. The van der Waals surface area contributed by atoms with Crippen molar-refractivity contribution >= 4 is 16.0 Å². The zero-order valence-corrected chi connectivity index (χ0v) is 15.3. The highest BCUT2D eigenvalue weighted by molar-refractivity contribution is 7.89. The Labute approximate surface area is 148 Å². The maximum Gasteiger partial charge on any atom is 0.308 e. The number of benzene rings is 1. The first kappa shape index (κ1) is 19.3. The molecular weight excluding hydrogens is 342 g/mol. The highest BCUT2D eigenvalue weighted by atomic mass is 32.2. The van der Waals surface area contributed by atoms with Crippen molar-refractivity contribution in [3.63, 3.8) is 0 Å². The van der Waals surface area contributed by atoms with Crippen molar-refractivity contribution in [1.82, 2.24) is 4.31 Å². The first-order chi connectivity index (χ1) is 11.9. The molecule has 1 aliphatic rings. The van der Waals surface area contributed by atoms with Crippen molar-refractivity contribution in [2.24, 2.45) is 5.92 Å². The summed E-state index contributed by atoms with van der Waals surface area (Å²) in [5.74, 6) is 4.41. The molecule has 1 aromatic carbocycles. The summed E-state index contributed by atoms with van der Waals surface area (Å²) in [6.45, 7) is 1.95. The van der Waals surface area contributed by atoms with Gasteiger partial charge in [-0.2, -0.15) is 4.31 Å². The molecule has 0 aromatic heterocycles. The summed E-state index contributed by atoms with van der Waals surface area (Å²) in [5.41, 5.74) is 0. The van der Waals surface area contributed by atoms with Gasteiger partial charge in [0.1, 0.15) is 12.4 Å². The van der Waals surface area contributed by atoms with E-state index in [1.54, 1.807) is 19.1 Å². The molecule has 6 nitrogen and oxygen atoms in total. The number of sulfonamides is 1. The van der Waals surface area contributed by atoms with Gasteiger partial charge in [-0.05, 0) is 44.0 Å². The number of ether oxygens (including phenoxy) is 1. The summed E-state index contributed by atoms with van der Waals surface area (Å²) in [7, 11) is -2.30. The highest BCUT2D eigenvalue weighted by Gasteiger charge is 2.38. The Kier molecular flexibility index (Phi) is 6.45. The highest BCUT2D eigenvalue weighted by Crippen LogP contribution is 2.31. The fourth-order valence-electron chi connectivity index (χ4n) is 3.08. The van der Waals surface area contributed by atoms with Crippen molar-refractivity contribution in [2.45, 2.75) is 43.5 Å². The summed E-state index contributed by atoms with van der Waals surface area (Å²) in [5, 5.41) is 9.38. The van der Waals surface area contributed by atoms with Gasteiger partial charge in [-0.3, -0.25) is 4.79 Å². The second-order valence-electron chi connectivity index (χ2n) is 6.00. The molecule has 1 N–H and O–H groups in total. The van der Waals surface area contributed by atoms with Crippen molar-refractivity contribution in [3.8, 4) is 17.6 Å². The lowest BCUT2D eigenvalue weighted by Gasteiger charge is -2.35. The SMILES string of the molecule is CC#CCOc1ccc(S(=O)(=O)N(C)[C@H]2CCCC[C@H]2C(=O)O)cc1. The molecule has 0 spiro atoms. The van der Waals surface area contributed by atoms with Crippen molar-refractivity contribution in [3.05, 3.63) is 24.3 Å². The number of rotatable bonds is 6. The maximum atomic E-state index is 12.8. The molecule has 136 valence electrons. The van der Waals surface area contributed by atoms with Crippen molar-refractivity contribution in [1.29, 1.82) is 0 Å². The van der Waals surface area contributed by atoms with E-state index in [-0.39, 0.29) is 11.5 Å². The summed E-state index contributed by atoms with van der Waals surface area (Å²) in [6.07, 6.45) is 2.71. The number of aliphatic carboxylic acids is 1. The van der Waals surface area contributed by atoms with Gasteiger partial charge in [0.05, 0.1) is 10.8 Å². The predicted octanol–water partition coefficient (Wildman–Crippen LogP) is 2.35. The molecule has 2 atom stereocenters. The number of hydrogen-bond donors (Lipinski definition) is 1. The van der Waals surface area contributed by atoms with Crippen LogP contribution in [0.4, 0.5) is 0 Å². The topological polar surface area (TPSA) is 83.9 Å². The normalized spacial score (nSPS) is 20.6. The smallest absolute Gasteiger partial charge is 0.308 e. The van der Waals surface area contributed by atoms with Crippen LogP contribution in [0.3, 0.4) is 0 Å². The van der Waals surface area contributed by atoms with E-state index in [0.717, 1.165) is 12.8 Å². The Hall–Kier alpha value is -2.04. The van der Waals surface area contributed by atoms with Crippen LogP contribution in [-0.4, -0.2) is 43.5 Å². The molecule has 2 rings (SSSR count). The third kappa shape index (κ3) is 4.53. The summed E-state index contributed by atoms with van der Waals surface area (Å²) in [6, 6.07) is 5.58. The van der Waals surface area contributed by atoms with Gasteiger partial charge in [0.2, 0.25) is 10.0 Å². The van der Waals surface area contributed by atoms with Crippen LogP contribution in [0.25, 0.3) is 0 Å². The van der Waals surface area contributed by atoms with E-state index >= 15 is 0 Å². The van der Waals surface area contributed by atoms with Gasteiger partial charge in [0.25, 0.3) is 0 Å². The van der Waals surface area contributed by atoms with Crippen LogP contribution < -0.4 is 4.74 Å². The largest absolute Gasteiger partial charge is 0.481 e. The second kappa shape index (κ2) is 8.37. The number of hydrogen-bond acceptors (Lipinski definition) is 4.